The molecule has 0 bridgehead atoms. The lowest BCUT2D eigenvalue weighted by Gasteiger charge is -2.55. The molecule has 3 aliphatic rings. The highest BCUT2D eigenvalue weighted by molar-refractivity contribution is 6.04. The first-order chi connectivity index (χ1) is 19.2. The molecule has 0 radical (unpaired) electrons. The van der Waals surface area contributed by atoms with E-state index in [1.54, 1.807) is 18.2 Å². The van der Waals surface area contributed by atoms with Gasteiger partial charge in [-0.1, -0.05) is 31.4 Å². The number of aromatic nitrogens is 2. The Morgan fingerprint density at radius 2 is 1.75 bits per heavy atom. The minimum Gasteiger partial charge on any atom is -0.506 e. The number of hydrogen-bond donors (Lipinski definition) is 3. The summed E-state index contributed by atoms with van der Waals surface area (Å²) in [5.74, 6) is -3.04. The fourth-order valence-corrected chi connectivity index (χ4v) is 6.23. The number of hydrogen-bond acceptors (Lipinski definition) is 7. The lowest BCUT2D eigenvalue weighted by atomic mass is 9.78. The summed E-state index contributed by atoms with van der Waals surface area (Å²) in [7, 11) is 0. The summed E-state index contributed by atoms with van der Waals surface area (Å²) in [5, 5.41) is 24.0. The van der Waals surface area contributed by atoms with E-state index in [0.29, 0.717) is 30.5 Å². The van der Waals surface area contributed by atoms with Crippen LogP contribution in [0, 0.1) is 11.2 Å². The van der Waals surface area contributed by atoms with Gasteiger partial charge in [-0.2, -0.15) is 0 Å². The largest absolute Gasteiger partial charge is 0.506 e. The first-order valence-electron chi connectivity index (χ1n) is 13.6. The van der Waals surface area contributed by atoms with Crippen molar-refractivity contribution in [3.63, 3.8) is 0 Å². The van der Waals surface area contributed by atoms with E-state index in [9.17, 15) is 29.0 Å². The van der Waals surface area contributed by atoms with E-state index in [1.807, 2.05) is 0 Å². The molecule has 3 N–H and O–H groups in total. The van der Waals surface area contributed by atoms with Crippen LogP contribution in [0.15, 0.2) is 41.3 Å². The lowest BCUT2D eigenvalue weighted by Crippen LogP contribution is -2.66. The lowest BCUT2D eigenvalue weighted by molar-refractivity contribution is -0.189. The molecule has 210 valence electrons. The minimum absolute atomic E-state index is 0.173. The number of benzene rings is 1. The highest BCUT2D eigenvalue weighted by Gasteiger charge is 2.48. The molecule has 2 saturated heterocycles. The first kappa shape index (κ1) is 26.4. The number of nitrogens with zero attached hydrogens (tertiary/aromatic N) is 3. The number of halogens is 1. The van der Waals surface area contributed by atoms with Crippen LogP contribution in [0.2, 0.25) is 0 Å². The number of aromatic hydroxyl groups is 1. The van der Waals surface area contributed by atoms with E-state index in [-0.39, 0.29) is 35.8 Å². The molecule has 10 nitrogen and oxygen atoms in total. The monoisotopic (exact) mass is 550 g/mol. The molecular weight excluding hydrogens is 519 g/mol. The quantitative estimate of drug-likeness (QED) is 0.409. The molecule has 1 amide bonds. The average Bonchev–Trinajstić information content (AvgIpc) is 2.89. The van der Waals surface area contributed by atoms with Crippen molar-refractivity contribution < 1.29 is 28.9 Å². The molecule has 3 fully saturated rings. The molecule has 4 heterocycles. The number of nitrogens with one attached hydrogen (secondary N) is 1. The number of carbonyl (C=O) groups excluding carboxylic acids is 1. The van der Waals surface area contributed by atoms with Crippen molar-refractivity contribution >= 4 is 22.9 Å². The average molecular weight is 551 g/mol. The second-order valence-electron chi connectivity index (χ2n) is 11.4. The third-order valence-corrected chi connectivity index (χ3v) is 8.52. The topological polar surface area (TPSA) is 134 Å². The van der Waals surface area contributed by atoms with Gasteiger partial charge < -0.3 is 25.2 Å². The van der Waals surface area contributed by atoms with Crippen LogP contribution in [-0.2, 0) is 16.1 Å². The van der Waals surface area contributed by atoms with Crippen LogP contribution < -0.4 is 10.9 Å². The van der Waals surface area contributed by atoms with Gasteiger partial charge in [0.15, 0.2) is 0 Å². The molecule has 0 atom stereocenters. The van der Waals surface area contributed by atoms with E-state index in [1.165, 1.54) is 22.9 Å². The van der Waals surface area contributed by atoms with Gasteiger partial charge in [-0.15, -0.1) is 0 Å². The number of rotatable bonds is 7. The Kier molecular flexibility index (Phi) is 6.58. The van der Waals surface area contributed by atoms with Crippen molar-refractivity contribution in [3.05, 3.63) is 58.3 Å². The molecule has 40 heavy (non-hydrogen) atoms. The van der Waals surface area contributed by atoms with Crippen LogP contribution in [0.4, 0.5) is 4.39 Å². The summed E-state index contributed by atoms with van der Waals surface area (Å²) in [6.45, 7) is 3.93. The summed E-state index contributed by atoms with van der Waals surface area (Å²) in [6.07, 6.45) is 4.15. The third kappa shape index (κ3) is 4.52. The van der Waals surface area contributed by atoms with Gasteiger partial charge in [0.2, 0.25) is 0 Å². The second kappa shape index (κ2) is 9.97. The Labute approximate surface area is 229 Å². The number of likely N-dealkylation sites (tertiary alicyclic amines) is 1. The van der Waals surface area contributed by atoms with Gasteiger partial charge >= 0.3 is 5.97 Å². The molecule has 11 heteroatoms. The number of aliphatic carboxylic acids is 1. The Bertz CT molecular complexity index is 1530. The summed E-state index contributed by atoms with van der Waals surface area (Å²) < 4.78 is 20.2. The van der Waals surface area contributed by atoms with Gasteiger partial charge in [-0.05, 0) is 36.6 Å². The molecule has 2 aromatic heterocycles. The summed E-state index contributed by atoms with van der Waals surface area (Å²) >= 11 is 0. The van der Waals surface area contributed by atoms with Crippen LogP contribution >= 0.6 is 0 Å². The van der Waals surface area contributed by atoms with E-state index in [0.717, 1.165) is 32.7 Å². The third-order valence-electron chi connectivity index (χ3n) is 8.52. The van der Waals surface area contributed by atoms with Crippen molar-refractivity contribution in [2.45, 2.75) is 44.2 Å². The zero-order chi connectivity index (χ0) is 28.1. The Hall–Kier alpha value is -3.83. The Balaban J connectivity index is 1.40. The Morgan fingerprint density at radius 3 is 2.38 bits per heavy atom. The predicted octanol–water partition coefficient (Wildman–Crippen LogP) is 2.76. The van der Waals surface area contributed by atoms with E-state index >= 15 is 0 Å². The summed E-state index contributed by atoms with van der Waals surface area (Å²) in [4.78, 5) is 46.2. The predicted molar refractivity (Wildman–Crippen MR) is 144 cm³/mol. The van der Waals surface area contributed by atoms with Crippen molar-refractivity contribution in [2.75, 3.05) is 32.8 Å². The van der Waals surface area contributed by atoms with E-state index in [4.69, 9.17) is 4.74 Å². The summed E-state index contributed by atoms with van der Waals surface area (Å²) in [6, 6.07) is 7.36. The highest BCUT2D eigenvalue weighted by atomic mass is 19.1. The molecule has 2 aliphatic heterocycles. The molecule has 1 spiro atoms. The summed E-state index contributed by atoms with van der Waals surface area (Å²) in [5.41, 5.74) is -1.15. The standard InChI is InChI=1S/C29H31FN4O6/c30-20-6-4-18(5-7-20)19-12-21-23(35)22(25(36)32-29(27(38)39)8-2-1-3-9-29)26(37)34(24(21)31-13-19)11-10-33-14-28(15-33)16-40-17-28/h4-7,12-13,35H,1-3,8-11,14-17H2,(H,32,36)(H,38,39). The fraction of sp³-hybridized carbons (Fsp3) is 0.448. The smallest absolute Gasteiger partial charge is 0.329 e. The normalized spacial score (nSPS) is 19.6. The van der Waals surface area contributed by atoms with Crippen molar-refractivity contribution in [1.82, 2.24) is 19.8 Å². The maximum atomic E-state index is 13.7. The molecule has 1 aliphatic carbocycles. The number of carbonyl (C=O) groups is 2. The number of carboxylic acid groups (broad SMARTS) is 1. The zero-order valence-corrected chi connectivity index (χ0v) is 22.0. The van der Waals surface area contributed by atoms with Crippen LogP contribution in [0.5, 0.6) is 5.75 Å². The molecule has 3 aromatic rings. The molecule has 1 saturated carbocycles. The van der Waals surface area contributed by atoms with Gasteiger partial charge in [-0.3, -0.25) is 14.2 Å². The Morgan fingerprint density at radius 1 is 1.05 bits per heavy atom. The van der Waals surface area contributed by atoms with Crippen molar-refractivity contribution in [2.24, 2.45) is 5.41 Å². The maximum absolute atomic E-state index is 13.7. The minimum atomic E-state index is -1.50. The van der Waals surface area contributed by atoms with Crippen LogP contribution in [-0.4, -0.2) is 74.9 Å². The number of carboxylic acids is 1. The van der Waals surface area contributed by atoms with Crippen LogP contribution in [0.25, 0.3) is 22.2 Å². The molecular formula is C29H31FN4O6. The van der Waals surface area contributed by atoms with E-state index in [2.05, 4.69) is 15.2 Å². The van der Waals surface area contributed by atoms with Gasteiger partial charge in [0.1, 0.15) is 28.3 Å². The number of fused-ring (bicyclic) bond motifs is 1. The van der Waals surface area contributed by atoms with Crippen LogP contribution in [0.3, 0.4) is 0 Å². The molecule has 6 rings (SSSR count). The first-order valence-corrected chi connectivity index (χ1v) is 13.6. The fourth-order valence-electron chi connectivity index (χ4n) is 6.23. The van der Waals surface area contributed by atoms with E-state index < -0.39 is 40.1 Å². The highest BCUT2D eigenvalue weighted by Crippen LogP contribution is 2.37. The van der Waals surface area contributed by atoms with Crippen LogP contribution in [0.1, 0.15) is 42.5 Å². The van der Waals surface area contributed by atoms with Crippen molar-refractivity contribution in [3.8, 4) is 16.9 Å². The maximum Gasteiger partial charge on any atom is 0.329 e. The van der Waals surface area contributed by atoms with Gasteiger partial charge in [0.25, 0.3) is 11.5 Å². The number of pyridine rings is 2. The van der Waals surface area contributed by atoms with Gasteiger partial charge in [-0.25, -0.2) is 14.2 Å². The van der Waals surface area contributed by atoms with Crippen molar-refractivity contribution in [1.29, 1.82) is 0 Å². The second-order valence-corrected chi connectivity index (χ2v) is 11.4. The SMILES string of the molecule is O=C(NC1(C(=O)O)CCCCC1)c1c(O)c2cc(-c3ccc(F)cc3)cnc2n(CCN2CC3(COC3)C2)c1=O. The van der Waals surface area contributed by atoms with Gasteiger partial charge in [0.05, 0.1) is 18.6 Å². The molecule has 1 aromatic carbocycles. The van der Waals surface area contributed by atoms with Gasteiger partial charge in [0, 0.05) is 43.4 Å². The number of amides is 1. The molecule has 0 unspecified atom stereocenters. The number of ether oxygens (including phenoxy) is 1. The zero-order valence-electron chi connectivity index (χ0n) is 22.0.